The van der Waals surface area contributed by atoms with Crippen molar-refractivity contribution < 1.29 is 14.4 Å². The quantitative estimate of drug-likeness (QED) is 0.616. The first-order valence-corrected chi connectivity index (χ1v) is 11.1. The monoisotopic (exact) mass is 441 g/mol. The molecule has 0 radical (unpaired) electrons. The molecule has 0 bridgehead atoms. The first-order valence-electron chi connectivity index (χ1n) is 11.1. The maximum atomic E-state index is 13.7. The van der Waals surface area contributed by atoms with Crippen LogP contribution in [0.2, 0.25) is 0 Å². The molecule has 168 valence electrons. The van der Waals surface area contributed by atoms with E-state index in [-0.39, 0.29) is 17.7 Å². The fourth-order valence-electron chi connectivity index (χ4n) is 4.15. The summed E-state index contributed by atoms with van der Waals surface area (Å²) in [5.41, 5.74) is 4.54. The molecule has 0 aromatic heterocycles. The highest BCUT2D eigenvalue weighted by atomic mass is 16.2. The van der Waals surface area contributed by atoms with Crippen LogP contribution in [0.25, 0.3) is 0 Å². The number of anilines is 2. The van der Waals surface area contributed by atoms with Crippen LogP contribution in [0.1, 0.15) is 46.4 Å². The minimum atomic E-state index is -0.838. The third kappa shape index (κ3) is 4.95. The summed E-state index contributed by atoms with van der Waals surface area (Å²) in [5.74, 6) is -0.762. The summed E-state index contributed by atoms with van der Waals surface area (Å²) in [6.45, 7) is 3.88. The van der Waals surface area contributed by atoms with Gasteiger partial charge in [0, 0.05) is 30.4 Å². The van der Waals surface area contributed by atoms with Crippen molar-refractivity contribution in [2.45, 2.75) is 32.7 Å². The Bertz CT molecular complexity index is 1190. The molecule has 2 N–H and O–H groups in total. The van der Waals surface area contributed by atoms with E-state index in [4.69, 9.17) is 0 Å². The summed E-state index contributed by atoms with van der Waals surface area (Å²) >= 11 is 0. The lowest BCUT2D eigenvalue weighted by Crippen LogP contribution is -2.45. The van der Waals surface area contributed by atoms with Crippen molar-refractivity contribution in [1.82, 2.24) is 5.32 Å². The Labute approximate surface area is 193 Å². The Balaban J connectivity index is 1.65. The van der Waals surface area contributed by atoms with Crippen molar-refractivity contribution in [3.63, 3.8) is 0 Å². The van der Waals surface area contributed by atoms with Crippen molar-refractivity contribution in [3.8, 4) is 0 Å². The molecular weight excluding hydrogens is 414 g/mol. The van der Waals surface area contributed by atoms with Gasteiger partial charge in [0.15, 0.2) is 0 Å². The molecule has 0 saturated heterocycles. The average molecular weight is 442 g/mol. The van der Waals surface area contributed by atoms with Crippen LogP contribution in [-0.2, 0) is 16.0 Å². The van der Waals surface area contributed by atoms with Gasteiger partial charge in [-0.1, -0.05) is 54.6 Å². The molecule has 1 aliphatic rings. The molecule has 0 saturated carbocycles. The zero-order valence-corrected chi connectivity index (χ0v) is 18.8. The fraction of sp³-hybridized carbons (Fsp3) is 0.222. The smallest absolute Gasteiger partial charge is 0.254 e. The Morgan fingerprint density at radius 2 is 1.67 bits per heavy atom. The predicted octanol–water partition coefficient (Wildman–Crippen LogP) is 4.40. The molecule has 4 rings (SSSR count). The lowest BCUT2D eigenvalue weighted by Gasteiger charge is -2.32. The number of amides is 3. The first-order chi connectivity index (χ1) is 15.9. The van der Waals surface area contributed by atoms with E-state index in [2.05, 4.69) is 10.6 Å². The van der Waals surface area contributed by atoms with Crippen LogP contribution in [0.5, 0.6) is 0 Å². The second kappa shape index (κ2) is 9.69. The van der Waals surface area contributed by atoms with Crippen LogP contribution in [0, 0.1) is 6.92 Å². The van der Waals surface area contributed by atoms with E-state index in [1.54, 1.807) is 23.1 Å². The topological polar surface area (TPSA) is 78.5 Å². The maximum Gasteiger partial charge on any atom is 0.254 e. The summed E-state index contributed by atoms with van der Waals surface area (Å²) < 4.78 is 0. The number of carbonyl (C=O) groups is 3. The number of rotatable bonds is 5. The normalized spacial score (nSPS) is 13.6. The molecule has 1 aliphatic heterocycles. The highest BCUT2D eigenvalue weighted by Gasteiger charge is 2.31. The Hall–Kier alpha value is -3.93. The van der Waals surface area contributed by atoms with E-state index in [1.807, 2.05) is 61.5 Å². The number of hydrogen-bond donors (Lipinski definition) is 2. The maximum absolute atomic E-state index is 13.7. The van der Waals surface area contributed by atoms with Crippen LogP contribution >= 0.6 is 0 Å². The van der Waals surface area contributed by atoms with Gasteiger partial charge in [0.25, 0.3) is 11.8 Å². The zero-order valence-electron chi connectivity index (χ0n) is 18.8. The number of fused-ring (bicyclic) bond motifs is 1. The molecule has 0 fully saturated rings. The van der Waals surface area contributed by atoms with Gasteiger partial charge in [0.1, 0.15) is 6.04 Å². The number of nitrogens with zero attached hydrogens (tertiary/aromatic N) is 1. The number of hydrogen-bond acceptors (Lipinski definition) is 3. The number of benzene rings is 3. The molecule has 1 heterocycles. The van der Waals surface area contributed by atoms with E-state index in [0.29, 0.717) is 23.4 Å². The van der Waals surface area contributed by atoms with Crippen molar-refractivity contribution >= 4 is 29.1 Å². The van der Waals surface area contributed by atoms with Gasteiger partial charge in [-0.15, -0.1) is 0 Å². The summed E-state index contributed by atoms with van der Waals surface area (Å²) in [6, 6.07) is 21.4. The standard InChI is InChI=1S/C27H27N3O3/c1-18-14-15-22(17-23(18)28-19(2)31)26(32)29-25(21-10-4-3-5-11-21)27(33)30-16-8-12-20-9-6-7-13-24(20)30/h3-7,9-11,13-15,17,25H,8,12,16H2,1-2H3,(H,28,31)(H,29,32)/t25-/m0/s1. The van der Waals surface area contributed by atoms with Gasteiger partial charge in [-0.05, 0) is 54.7 Å². The predicted molar refractivity (Wildman–Crippen MR) is 129 cm³/mol. The minimum Gasteiger partial charge on any atom is -0.336 e. The SMILES string of the molecule is CC(=O)Nc1cc(C(=O)N[C@H](C(=O)N2CCCc3ccccc32)c2ccccc2)ccc1C. The molecule has 0 unspecified atom stereocenters. The average Bonchev–Trinajstić information content (AvgIpc) is 2.83. The van der Waals surface area contributed by atoms with Crippen molar-refractivity contribution in [1.29, 1.82) is 0 Å². The van der Waals surface area contributed by atoms with Gasteiger partial charge in [-0.2, -0.15) is 0 Å². The fourth-order valence-corrected chi connectivity index (χ4v) is 4.15. The van der Waals surface area contributed by atoms with Gasteiger partial charge >= 0.3 is 0 Å². The number of nitrogens with one attached hydrogen (secondary N) is 2. The van der Waals surface area contributed by atoms with E-state index >= 15 is 0 Å². The molecule has 3 aromatic carbocycles. The van der Waals surface area contributed by atoms with Crippen LogP contribution in [-0.4, -0.2) is 24.3 Å². The number of carbonyl (C=O) groups excluding carboxylic acids is 3. The van der Waals surface area contributed by atoms with E-state index in [1.165, 1.54) is 6.92 Å². The molecule has 6 heteroatoms. The van der Waals surface area contributed by atoms with Gasteiger partial charge in [0.05, 0.1) is 0 Å². The van der Waals surface area contributed by atoms with Gasteiger partial charge in [-0.25, -0.2) is 0 Å². The van der Waals surface area contributed by atoms with Gasteiger partial charge in [0.2, 0.25) is 5.91 Å². The first kappa shape index (κ1) is 22.3. The second-order valence-corrected chi connectivity index (χ2v) is 8.25. The zero-order chi connectivity index (χ0) is 23.4. The number of aryl methyl sites for hydroxylation is 2. The minimum absolute atomic E-state index is 0.170. The molecule has 3 aromatic rings. The van der Waals surface area contributed by atoms with Crippen molar-refractivity contribution in [2.75, 3.05) is 16.8 Å². The van der Waals surface area contributed by atoms with E-state index in [9.17, 15) is 14.4 Å². The van der Waals surface area contributed by atoms with Crippen molar-refractivity contribution in [2.24, 2.45) is 0 Å². The van der Waals surface area contributed by atoms with Crippen molar-refractivity contribution in [3.05, 3.63) is 95.1 Å². The van der Waals surface area contributed by atoms with Gasteiger partial charge in [-0.3, -0.25) is 14.4 Å². The highest BCUT2D eigenvalue weighted by Crippen LogP contribution is 2.30. The molecule has 33 heavy (non-hydrogen) atoms. The van der Waals surface area contributed by atoms with Gasteiger partial charge < -0.3 is 15.5 Å². The molecular formula is C27H27N3O3. The molecule has 0 aliphatic carbocycles. The summed E-state index contributed by atoms with van der Waals surface area (Å²) in [5, 5.41) is 5.68. The number of para-hydroxylation sites is 1. The molecule has 6 nitrogen and oxygen atoms in total. The third-order valence-corrected chi connectivity index (χ3v) is 5.84. The molecule has 0 spiro atoms. The third-order valence-electron chi connectivity index (χ3n) is 5.84. The second-order valence-electron chi connectivity index (χ2n) is 8.25. The molecule has 3 amide bonds. The summed E-state index contributed by atoms with van der Waals surface area (Å²) in [7, 11) is 0. The largest absolute Gasteiger partial charge is 0.336 e. The van der Waals surface area contributed by atoms with E-state index < -0.39 is 6.04 Å². The van der Waals surface area contributed by atoms with Crippen LogP contribution < -0.4 is 15.5 Å². The lowest BCUT2D eigenvalue weighted by molar-refractivity contribution is -0.120. The Kier molecular flexibility index (Phi) is 6.54. The Morgan fingerprint density at radius 3 is 2.42 bits per heavy atom. The lowest BCUT2D eigenvalue weighted by atomic mass is 9.98. The van der Waals surface area contributed by atoms with Crippen LogP contribution in [0.15, 0.2) is 72.8 Å². The summed E-state index contributed by atoms with van der Waals surface area (Å²) in [6.07, 6.45) is 1.80. The van der Waals surface area contributed by atoms with E-state index in [0.717, 1.165) is 29.7 Å². The van der Waals surface area contributed by atoms with Crippen LogP contribution in [0.3, 0.4) is 0 Å². The summed E-state index contributed by atoms with van der Waals surface area (Å²) in [4.78, 5) is 40.2. The Morgan fingerprint density at radius 1 is 0.939 bits per heavy atom. The highest BCUT2D eigenvalue weighted by molar-refractivity contribution is 6.04. The molecule has 1 atom stereocenters. The van der Waals surface area contributed by atoms with Crippen LogP contribution in [0.4, 0.5) is 11.4 Å².